The molecular weight excluding hydrogens is 378 g/mol. The lowest BCUT2D eigenvalue weighted by Crippen LogP contribution is -2.37. The number of carbonyl (C=O) groups excluding carboxylic acids is 3. The van der Waals surface area contributed by atoms with E-state index in [4.69, 9.17) is 4.74 Å². The number of rotatable bonds is 8. The first-order valence-corrected chi connectivity index (χ1v) is 8.67. The molecule has 2 aromatic carbocycles. The van der Waals surface area contributed by atoms with Gasteiger partial charge in [-0.05, 0) is 42.8 Å². The topological polar surface area (TPSA) is 128 Å². The Labute approximate surface area is 166 Å². The smallest absolute Gasteiger partial charge is 0.325 e. The van der Waals surface area contributed by atoms with Crippen LogP contribution in [0.4, 0.5) is 5.69 Å². The van der Waals surface area contributed by atoms with E-state index in [9.17, 15) is 24.5 Å². The van der Waals surface area contributed by atoms with Gasteiger partial charge in [-0.1, -0.05) is 18.2 Å². The predicted octanol–water partition coefficient (Wildman–Crippen LogP) is 2.04. The number of esters is 1. The number of nitrogens with zero attached hydrogens (tertiary/aromatic N) is 1. The summed E-state index contributed by atoms with van der Waals surface area (Å²) >= 11 is 0. The number of ether oxygens (including phenoxy) is 1. The van der Waals surface area contributed by atoms with Crippen LogP contribution in [0.5, 0.6) is 0 Å². The molecule has 0 radical (unpaired) electrons. The minimum Gasteiger partial charge on any atom is -0.465 e. The van der Waals surface area contributed by atoms with Crippen LogP contribution in [-0.4, -0.2) is 35.9 Å². The molecule has 0 saturated carbocycles. The lowest BCUT2D eigenvalue weighted by Gasteiger charge is -2.11. The van der Waals surface area contributed by atoms with Gasteiger partial charge in [0.2, 0.25) is 0 Å². The molecule has 0 unspecified atom stereocenters. The molecular formula is C20H19N3O6. The highest BCUT2D eigenvalue weighted by Gasteiger charge is 2.16. The van der Waals surface area contributed by atoms with Crippen LogP contribution in [0.15, 0.2) is 60.3 Å². The number of hydrogen-bond acceptors (Lipinski definition) is 6. The summed E-state index contributed by atoms with van der Waals surface area (Å²) in [6.07, 6.45) is 1.35. The van der Waals surface area contributed by atoms with E-state index >= 15 is 0 Å². The van der Waals surface area contributed by atoms with Gasteiger partial charge in [0.15, 0.2) is 0 Å². The van der Waals surface area contributed by atoms with Crippen molar-refractivity contribution in [3.8, 4) is 0 Å². The van der Waals surface area contributed by atoms with Crippen LogP contribution < -0.4 is 10.6 Å². The molecule has 0 bridgehead atoms. The van der Waals surface area contributed by atoms with Crippen molar-refractivity contribution < 1.29 is 24.0 Å². The average Bonchev–Trinajstić information content (AvgIpc) is 2.72. The monoisotopic (exact) mass is 397 g/mol. The normalized spacial score (nSPS) is 10.7. The SMILES string of the molecule is CCOC(=O)CNC(=O)/C(=C\c1ccc([N+](=O)[O-])cc1)NC(=O)c1ccccc1. The Bertz CT molecular complexity index is 923. The summed E-state index contributed by atoms with van der Waals surface area (Å²) < 4.78 is 4.75. The van der Waals surface area contributed by atoms with E-state index in [2.05, 4.69) is 10.6 Å². The number of non-ortho nitro benzene ring substituents is 1. The van der Waals surface area contributed by atoms with Crippen molar-refractivity contribution >= 4 is 29.5 Å². The number of hydrogen-bond donors (Lipinski definition) is 2. The Morgan fingerprint density at radius 1 is 1.07 bits per heavy atom. The van der Waals surface area contributed by atoms with Gasteiger partial charge in [0.25, 0.3) is 17.5 Å². The van der Waals surface area contributed by atoms with E-state index in [0.717, 1.165) is 0 Å². The highest BCUT2D eigenvalue weighted by Crippen LogP contribution is 2.14. The zero-order chi connectivity index (χ0) is 21.2. The van der Waals surface area contributed by atoms with Crippen LogP contribution in [0.2, 0.25) is 0 Å². The molecule has 150 valence electrons. The summed E-state index contributed by atoms with van der Waals surface area (Å²) in [6.45, 7) is 1.44. The maximum atomic E-state index is 12.5. The first kappa shape index (κ1) is 21.3. The fourth-order valence-electron chi connectivity index (χ4n) is 2.26. The molecule has 0 aliphatic heterocycles. The Morgan fingerprint density at radius 3 is 2.31 bits per heavy atom. The molecule has 9 nitrogen and oxygen atoms in total. The third-order valence-electron chi connectivity index (χ3n) is 3.64. The lowest BCUT2D eigenvalue weighted by molar-refractivity contribution is -0.384. The standard InChI is InChI=1S/C20H19N3O6/c1-2-29-18(24)13-21-20(26)17(22-19(25)15-6-4-3-5-7-15)12-14-8-10-16(11-9-14)23(27)28/h3-12H,2,13H2,1H3,(H,21,26)(H,22,25)/b17-12+. The van der Waals surface area contributed by atoms with Gasteiger partial charge < -0.3 is 15.4 Å². The minimum absolute atomic E-state index is 0.108. The Balaban J connectivity index is 2.23. The molecule has 0 aliphatic rings. The summed E-state index contributed by atoms with van der Waals surface area (Å²) in [4.78, 5) is 46.6. The number of benzene rings is 2. The van der Waals surface area contributed by atoms with Crippen LogP contribution in [0.25, 0.3) is 6.08 Å². The van der Waals surface area contributed by atoms with Crippen LogP contribution in [0, 0.1) is 10.1 Å². The van der Waals surface area contributed by atoms with Crippen LogP contribution in [0.1, 0.15) is 22.8 Å². The van der Waals surface area contributed by atoms with E-state index in [1.54, 1.807) is 37.3 Å². The van der Waals surface area contributed by atoms with E-state index in [-0.39, 0.29) is 24.5 Å². The second-order valence-electron chi connectivity index (χ2n) is 5.71. The van der Waals surface area contributed by atoms with Gasteiger partial charge >= 0.3 is 5.97 Å². The Kier molecular flexibility index (Phi) is 7.60. The summed E-state index contributed by atoms with van der Waals surface area (Å²) in [7, 11) is 0. The van der Waals surface area contributed by atoms with Gasteiger partial charge in [-0.3, -0.25) is 24.5 Å². The minimum atomic E-state index is -0.708. The second-order valence-corrected chi connectivity index (χ2v) is 5.71. The number of amides is 2. The lowest BCUT2D eigenvalue weighted by atomic mass is 10.1. The third-order valence-corrected chi connectivity index (χ3v) is 3.64. The van der Waals surface area contributed by atoms with Crippen molar-refractivity contribution in [2.45, 2.75) is 6.92 Å². The predicted molar refractivity (Wildman–Crippen MR) is 105 cm³/mol. The van der Waals surface area contributed by atoms with E-state index in [1.165, 1.54) is 30.3 Å². The van der Waals surface area contributed by atoms with Crippen molar-refractivity contribution in [1.29, 1.82) is 0 Å². The van der Waals surface area contributed by atoms with Crippen molar-refractivity contribution in [3.63, 3.8) is 0 Å². The van der Waals surface area contributed by atoms with Crippen molar-refractivity contribution in [2.24, 2.45) is 0 Å². The van der Waals surface area contributed by atoms with Crippen LogP contribution in [0.3, 0.4) is 0 Å². The van der Waals surface area contributed by atoms with Gasteiger partial charge in [0, 0.05) is 17.7 Å². The molecule has 2 aromatic rings. The summed E-state index contributed by atoms with van der Waals surface area (Å²) in [5.74, 6) is -1.85. The van der Waals surface area contributed by atoms with E-state index < -0.39 is 22.7 Å². The third kappa shape index (κ3) is 6.58. The average molecular weight is 397 g/mol. The van der Waals surface area contributed by atoms with Gasteiger partial charge in [-0.2, -0.15) is 0 Å². The summed E-state index contributed by atoms with van der Waals surface area (Å²) in [5, 5.41) is 15.6. The Hall–Kier alpha value is -4.01. The highest BCUT2D eigenvalue weighted by molar-refractivity contribution is 6.05. The van der Waals surface area contributed by atoms with Crippen LogP contribution >= 0.6 is 0 Å². The van der Waals surface area contributed by atoms with E-state index in [1.807, 2.05) is 0 Å². The molecule has 2 N–H and O–H groups in total. The maximum absolute atomic E-state index is 12.5. The number of nitro groups is 1. The molecule has 2 rings (SSSR count). The molecule has 29 heavy (non-hydrogen) atoms. The highest BCUT2D eigenvalue weighted by atomic mass is 16.6. The number of nitro benzene ring substituents is 1. The van der Waals surface area contributed by atoms with Gasteiger partial charge in [-0.15, -0.1) is 0 Å². The summed E-state index contributed by atoms with van der Waals surface area (Å²) in [6, 6.07) is 13.7. The number of nitrogens with one attached hydrogen (secondary N) is 2. The maximum Gasteiger partial charge on any atom is 0.325 e. The zero-order valence-electron chi connectivity index (χ0n) is 15.6. The van der Waals surface area contributed by atoms with Gasteiger partial charge in [0.05, 0.1) is 11.5 Å². The quantitative estimate of drug-likeness (QED) is 0.304. The molecule has 0 spiro atoms. The molecule has 0 heterocycles. The van der Waals surface area contributed by atoms with Crippen molar-refractivity contribution in [3.05, 3.63) is 81.5 Å². The largest absolute Gasteiger partial charge is 0.465 e. The molecule has 0 aliphatic carbocycles. The molecule has 9 heteroatoms. The summed E-state index contributed by atoms with van der Waals surface area (Å²) in [5.41, 5.74) is 0.548. The van der Waals surface area contributed by atoms with Gasteiger partial charge in [-0.25, -0.2) is 0 Å². The Morgan fingerprint density at radius 2 is 1.72 bits per heavy atom. The first-order valence-electron chi connectivity index (χ1n) is 8.67. The fourth-order valence-corrected chi connectivity index (χ4v) is 2.26. The molecule has 0 atom stereocenters. The van der Waals surface area contributed by atoms with Crippen molar-refractivity contribution in [1.82, 2.24) is 10.6 Å². The number of carbonyl (C=O) groups is 3. The fraction of sp³-hybridized carbons (Fsp3) is 0.150. The molecule has 0 aromatic heterocycles. The van der Waals surface area contributed by atoms with Crippen LogP contribution in [-0.2, 0) is 14.3 Å². The molecule has 0 fully saturated rings. The second kappa shape index (κ2) is 10.4. The van der Waals surface area contributed by atoms with Crippen molar-refractivity contribution in [2.75, 3.05) is 13.2 Å². The van der Waals surface area contributed by atoms with Gasteiger partial charge in [0.1, 0.15) is 12.2 Å². The first-order chi connectivity index (χ1) is 13.9. The zero-order valence-corrected chi connectivity index (χ0v) is 15.6. The molecule has 0 saturated heterocycles. The molecule has 2 amide bonds. The van der Waals surface area contributed by atoms with E-state index in [0.29, 0.717) is 11.1 Å².